The molecule has 0 bridgehead atoms. The molecule has 0 radical (unpaired) electrons. The van der Waals surface area contributed by atoms with E-state index in [2.05, 4.69) is 202 Å². The predicted octanol–water partition coefficient (Wildman–Crippen LogP) is 12.6. The zero-order valence-corrected chi connectivity index (χ0v) is 28.8. The molecule has 0 amide bonds. The van der Waals surface area contributed by atoms with Crippen LogP contribution in [0.5, 0.6) is 0 Å². The number of rotatable bonds is 5. The van der Waals surface area contributed by atoms with E-state index in [4.69, 9.17) is 4.98 Å². The highest BCUT2D eigenvalue weighted by Crippen LogP contribution is 2.39. The maximum absolute atomic E-state index is 5.26. The fourth-order valence-electron chi connectivity index (χ4n) is 8.27. The van der Waals surface area contributed by atoms with Gasteiger partial charge in [-0.15, -0.1) is 0 Å². The minimum atomic E-state index is 0.930. The van der Waals surface area contributed by atoms with Crippen molar-refractivity contribution < 1.29 is 0 Å². The van der Waals surface area contributed by atoms with Crippen LogP contribution < -0.4 is 0 Å². The largest absolute Gasteiger partial charge is 0.309 e. The summed E-state index contributed by atoms with van der Waals surface area (Å²) in [6, 6.07) is 69.5. The van der Waals surface area contributed by atoms with Gasteiger partial charge in [-0.1, -0.05) is 115 Å². The van der Waals surface area contributed by atoms with E-state index in [9.17, 15) is 0 Å². The van der Waals surface area contributed by atoms with Gasteiger partial charge >= 0.3 is 0 Å². The van der Waals surface area contributed by atoms with Gasteiger partial charge in [0.25, 0.3) is 0 Å². The summed E-state index contributed by atoms with van der Waals surface area (Å²) in [6.07, 6.45) is 0. The first-order valence-electron chi connectivity index (χ1n) is 18.1. The molecule has 3 heterocycles. The molecule has 0 saturated carbocycles. The van der Waals surface area contributed by atoms with Crippen molar-refractivity contribution >= 4 is 54.6 Å². The lowest BCUT2D eigenvalue weighted by Gasteiger charge is -2.11. The maximum Gasteiger partial charge on any atom is 0.145 e. The normalized spacial score (nSPS) is 11.8. The predicted molar refractivity (Wildman–Crippen MR) is 221 cm³/mol. The Bertz CT molecular complexity index is 3150. The molecular formula is C49H32N4. The van der Waals surface area contributed by atoms with Gasteiger partial charge in [-0.3, -0.25) is 4.57 Å². The molecule has 0 spiro atoms. The quantitative estimate of drug-likeness (QED) is 0.178. The first kappa shape index (κ1) is 29.5. The summed E-state index contributed by atoms with van der Waals surface area (Å²) < 4.78 is 7.02. The van der Waals surface area contributed by atoms with E-state index in [1.807, 2.05) is 6.07 Å². The highest BCUT2D eigenvalue weighted by atomic mass is 15.1. The summed E-state index contributed by atoms with van der Waals surface area (Å²) in [5.74, 6) is 0.930. The van der Waals surface area contributed by atoms with E-state index in [0.717, 1.165) is 33.8 Å². The second kappa shape index (κ2) is 11.7. The third kappa shape index (κ3) is 4.59. The van der Waals surface area contributed by atoms with E-state index < -0.39 is 0 Å². The molecule has 4 heteroatoms. The topological polar surface area (TPSA) is 27.7 Å². The lowest BCUT2D eigenvalue weighted by atomic mass is 10.0. The van der Waals surface area contributed by atoms with E-state index in [1.165, 1.54) is 60.4 Å². The summed E-state index contributed by atoms with van der Waals surface area (Å²) in [6.45, 7) is 0. The molecule has 11 aromatic rings. The van der Waals surface area contributed by atoms with Crippen LogP contribution in [0, 0.1) is 0 Å². The van der Waals surface area contributed by atoms with Crippen LogP contribution in [0.3, 0.4) is 0 Å². The Morgan fingerprint density at radius 3 is 1.32 bits per heavy atom. The molecule has 3 aromatic heterocycles. The maximum atomic E-state index is 5.26. The van der Waals surface area contributed by atoms with Crippen LogP contribution in [0.25, 0.3) is 94.2 Å². The molecule has 248 valence electrons. The van der Waals surface area contributed by atoms with Crippen LogP contribution in [0.1, 0.15) is 0 Å². The van der Waals surface area contributed by atoms with Crippen LogP contribution in [-0.2, 0) is 0 Å². The van der Waals surface area contributed by atoms with E-state index in [-0.39, 0.29) is 0 Å². The van der Waals surface area contributed by atoms with Gasteiger partial charge < -0.3 is 9.13 Å². The zero-order valence-electron chi connectivity index (χ0n) is 28.8. The van der Waals surface area contributed by atoms with Crippen molar-refractivity contribution in [2.45, 2.75) is 0 Å². The van der Waals surface area contributed by atoms with Crippen molar-refractivity contribution in [3.05, 3.63) is 194 Å². The van der Waals surface area contributed by atoms with Crippen LogP contribution in [-0.4, -0.2) is 18.7 Å². The van der Waals surface area contributed by atoms with Gasteiger partial charge in [0.15, 0.2) is 0 Å². The van der Waals surface area contributed by atoms with Crippen molar-refractivity contribution in [1.29, 1.82) is 0 Å². The van der Waals surface area contributed by atoms with Gasteiger partial charge in [-0.25, -0.2) is 4.98 Å². The SMILES string of the molecule is c1ccc(-c2nc3cc(-n4c5ccccc5c5cc(-c6ccc7c(c6)c6ccccc6n7-c6ccccc6)ccc54)ccc3n2-c2ccccc2)cc1. The Morgan fingerprint density at radius 2 is 0.736 bits per heavy atom. The molecule has 0 unspecified atom stereocenters. The molecule has 0 N–H and O–H groups in total. The standard InChI is InChI=1S/C49H32N4/c1-4-14-33(15-5-1)49-50-43-32-38(26-29-48(43)53(49)37-18-8-3-9-19-37)52-45-23-13-11-21-40(45)42-31-35(25-28-47(42)52)34-24-27-46-41(30-34)39-20-10-12-22-44(39)51(46)36-16-6-2-7-17-36/h1-32H. The Morgan fingerprint density at radius 1 is 0.283 bits per heavy atom. The van der Waals surface area contributed by atoms with Gasteiger partial charge in [0.1, 0.15) is 5.82 Å². The summed E-state index contributed by atoms with van der Waals surface area (Å²) in [5.41, 5.74) is 13.6. The number of fused-ring (bicyclic) bond motifs is 7. The molecule has 0 atom stereocenters. The molecule has 0 aliphatic rings. The summed E-state index contributed by atoms with van der Waals surface area (Å²) in [7, 11) is 0. The minimum Gasteiger partial charge on any atom is -0.309 e. The van der Waals surface area contributed by atoms with E-state index in [0.29, 0.717) is 0 Å². The molecule has 0 aliphatic carbocycles. The van der Waals surface area contributed by atoms with Crippen LogP contribution >= 0.6 is 0 Å². The molecular weight excluding hydrogens is 645 g/mol. The van der Waals surface area contributed by atoms with Crippen molar-refractivity contribution in [3.8, 4) is 39.6 Å². The Kier molecular flexibility index (Phi) is 6.52. The van der Waals surface area contributed by atoms with Crippen molar-refractivity contribution in [1.82, 2.24) is 18.7 Å². The number of nitrogens with zero attached hydrogens (tertiary/aromatic N) is 4. The zero-order chi connectivity index (χ0) is 34.9. The molecule has 0 saturated heterocycles. The molecule has 8 aromatic carbocycles. The van der Waals surface area contributed by atoms with Gasteiger partial charge in [-0.05, 0) is 90.0 Å². The fourth-order valence-corrected chi connectivity index (χ4v) is 8.27. The lowest BCUT2D eigenvalue weighted by Crippen LogP contribution is -1.97. The van der Waals surface area contributed by atoms with Gasteiger partial charge in [-0.2, -0.15) is 0 Å². The monoisotopic (exact) mass is 676 g/mol. The van der Waals surface area contributed by atoms with E-state index >= 15 is 0 Å². The summed E-state index contributed by atoms with van der Waals surface area (Å²) >= 11 is 0. The van der Waals surface area contributed by atoms with Crippen LogP contribution in [0.4, 0.5) is 0 Å². The number of imidazole rings is 1. The number of para-hydroxylation sites is 4. The van der Waals surface area contributed by atoms with Crippen molar-refractivity contribution in [2.24, 2.45) is 0 Å². The van der Waals surface area contributed by atoms with Gasteiger partial charge in [0.2, 0.25) is 0 Å². The average molecular weight is 677 g/mol. The second-order valence-electron chi connectivity index (χ2n) is 13.6. The average Bonchev–Trinajstić information content (AvgIpc) is 3.89. The fraction of sp³-hybridized carbons (Fsp3) is 0. The van der Waals surface area contributed by atoms with Crippen LogP contribution in [0.2, 0.25) is 0 Å². The first-order chi connectivity index (χ1) is 26.3. The first-order valence-corrected chi connectivity index (χ1v) is 18.1. The second-order valence-corrected chi connectivity index (χ2v) is 13.6. The summed E-state index contributed by atoms with van der Waals surface area (Å²) in [5, 5.41) is 4.96. The Labute approximate surface area is 306 Å². The molecule has 0 aliphatic heterocycles. The molecule has 0 fully saturated rings. The number of aromatic nitrogens is 4. The highest BCUT2D eigenvalue weighted by Gasteiger charge is 2.19. The van der Waals surface area contributed by atoms with E-state index in [1.54, 1.807) is 0 Å². The van der Waals surface area contributed by atoms with Crippen LogP contribution in [0.15, 0.2) is 194 Å². The number of hydrogen-bond donors (Lipinski definition) is 0. The molecule has 53 heavy (non-hydrogen) atoms. The minimum absolute atomic E-state index is 0.930. The third-order valence-corrected chi connectivity index (χ3v) is 10.6. The van der Waals surface area contributed by atoms with Gasteiger partial charge in [0.05, 0.1) is 33.1 Å². The summed E-state index contributed by atoms with van der Waals surface area (Å²) in [4.78, 5) is 5.26. The molecule has 11 rings (SSSR count). The third-order valence-electron chi connectivity index (χ3n) is 10.6. The lowest BCUT2D eigenvalue weighted by molar-refractivity contribution is 1.10. The van der Waals surface area contributed by atoms with Crippen molar-refractivity contribution in [2.75, 3.05) is 0 Å². The Hall–Kier alpha value is -7.17. The Balaban J connectivity index is 1.08. The molecule has 4 nitrogen and oxygen atoms in total. The number of hydrogen-bond acceptors (Lipinski definition) is 1. The van der Waals surface area contributed by atoms with Gasteiger partial charge in [0, 0.05) is 44.2 Å². The highest BCUT2D eigenvalue weighted by molar-refractivity contribution is 6.12. The smallest absolute Gasteiger partial charge is 0.145 e. The number of benzene rings is 8. The van der Waals surface area contributed by atoms with Crippen molar-refractivity contribution in [3.63, 3.8) is 0 Å².